The van der Waals surface area contributed by atoms with Crippen LogP contribution in [0.5, 0.6) is 11.5 Å². The molecule has 0 radical (unpaired) electrons. The van der Waals surface area contributed by atoms with Gasteiger partial charge in [-0.05, 0) is 19.1 Å². The minimum absolute atomic E-state index is 0.0161. The maximum atomic E-state index is 12.2. The Morgan fingerprint density at radius 2 is 1.88 bits per heavy atom. The first-order valence-corrected chi connectivity index (χ1v) is 8.94. The summed E-state index contributed by atoms with van der Waals surface area (Å²) in [5.74, 6) is 1.95. The van der Waals surface area contributed by atoms with Crippen LogP contribution in [-0.2, 0) is 6.61 Å². The molecule has 0 fully saturated rings. The maximum absolute atomic E-state index is 12.2. The highest BCUT2D eigenvalue weighted by Crippen LogP contribution is 2.21. The van der Waals surface area contributed by atoms with Gasteiger partial charge in [0.2, 0.25) is 0 Å². The van der Waals surface area contributed by atoms with Crippen LogP contribution in [0.15, 0.2) is 58.2 Å². The Labute approximate surface area is 155 Å². The fourth-order valence-corrected chi connectivity index (χ4v) is 2.82. The van der Waals surface area contributed by atoms with Crippen LogP contribution >= 0.6 is 11.8 Å². The second kappa shape index (κ2) is 8.53. The molecule has 0 unspecified atom stereocenters. The van der Waals surface area contributed by atoms with Crippen molar-refractivity contribution in [3.8, 4) is 11.5 Å². The fourth-order valence-electron chi connectivity index (χ4n) is 2.14. The minimum Gasteiger partial charge on any atom is -0.497 e. The number of carbonyl (C=O) groups excluding carboxylic acids is 1. The SMILES string of the molecule is COc1cccc(OCc2nnc(SCC(=O)c3ccc(C)cc3)o2)c1. The van der Waals surface area contributed by atoms with Crippen molar-refractivity contribution in [2.75, 3.05) is 12.9 Å². The predicted octanol–water partition coefficient (Wildman–Crippen LogP) is 3.94. The largest absolute Gasteiger partial charge is 0.497 e. The lowest BCUT2D eigenvalue weighted by atomic mass is 10.1. The highest BCUT2D eigenvalue weighted by Gasteiger charge is 2.12. The van der Waals surface area contributed by atoms with Crippen LogP contribution in [0, 0.1) is 6.92 Å². The number of methoxy groups -OCH3 is 1. The summed E-state index contributed by atoms with van der Waals surface area (Å²) in [6.45, 7) is 2.13. The Morgan fingerprint density at radius 3 is 2.65 bits per heavy atom. The first kappa shape index (κ1) is 18.0. The number of ketones is 1. The molecule has 3 rings (SSSR count). The molecule has 0 saturated heterocycles. The quantitative estimate of drug-likeness (QED) is 0.439. The normalized spacial score (nSPS) is 10.5. The number of carbonyl (C=O) groups is 1. The summed E-state index contributed by atoms with van der Waals surface area (Å²) in [5, 5.41) is 8.20. The maximum Gasteiger partial charge on any atom is 0.277 e. The Morgan fingerprint density at radius 1 is 1.12 bits per heavy atom. The Balaban J connectivity index is 1.51. The van der Waals surface area contributed by atoms with Crippen LogP contribution in [0.1, 0.15) is 21.8 Å². The van der Waals surface area contributed by atoms with Crippen molar-refractivity contribution in [1.82, 2.24) is 10.2 Å². The molecule has 0 saturated carbocycles. The molecule has 26 heavy (non-hydrogen) atoms. The molecule has 2 aromatic carbocycles. The summed E-state index contributed by atoms with van der Waals surface area (Å²) in [6, 6.07) is 14.7. The fraction of sp³-hybridized carbons (Fsp3) is 0.211. The van der Waals surface area contributed by atoms with Gasteiger partial charge in [-0.15, -0.1) is 10.2 Å². The van der Waals surface area contributed by atoms with E-state index in [1.54, 1.807) is 13.2 Å². The Kier molecular flexibility index (Phi) is 5.91. The third kappa shape index (κ3) is 4.86. The lowest BCUT2D eigenvalue weighted by Crippen LogP contribution is -2.02. The van der Waals surface area contributed by atoms with Crippen LogP contribution in [0.4, 0.5) is 0 Å². The third-order valence-electron chi connectivity index (χ3n) is 3.55. The number of hydrogen-bond acceptors (Lipinski definition) is 7. The van der Waals surface area contributed by atoms with Gasteiger partial charge in [-0.1, -0.05) is 47.7 Å². The van der Waals surface area contributed by atoms with Crippen molar-refractivity contribution in [3.63, 3.8) is 0 Å². The summed E-state index contributed by atoms with van der Waals surface area (Å²) in [4.78, 5) is 12.2. The molecule has 1 aromatic heterocycles. The molecule has 0 aliphatic rings. The van der Waals surface area contributed by atoms with E-state index in [9.17, 15) is 4.79 Å². The number of thioether (sulfide) groups is 1. The molecular formula is C19H18N2O4S. The van der Waals surface area contributed by atoms with Gasteiger partial charge in [0.15, 0.2) is 12.4 Å². The van der Waals surface area contributed by atoms with Gasteiger partial charge in [0.1, 0.15) is 11.5 Å². The van der Waals surface area contributed by atoms with Gasteiger partial charge >= 0.3 is 0 Å². The van der Waals surface area contributed by atoms with Gasteiger partial charge in [0.25, 0.3) is 11.1 Å². The van der Waals surface area contributed by atoms with E-state index >= 15 is 0 Å². The van der Waals surface area contributed by atoms with E-state index in [-0.39, 0.29) is 18.1 Å². The highest BCUT2D eigenvalue weighted by atomic mass is 32.2. The number of nitrogens with zero attached hydrogens (tertiary/aromatic N) is 2. The third-order valence-corrected chi connectivity index (χ3v) is 4.37. The first-order chi connectivity index (χ1) is 12.6. The number of rotatable bonds is 8. The number of ether oxygens (including phenoxy) is 2. The number of Topliss-reactive ketones (excluding diaryl/α,β-unsaturated/α-hetero) is 1. The molecule has 0 aliphatic heterocycles. The molecule has 6 nitrogen and oxygen atoms in total. The van der Waals surface area contributed by atoms with Gasteiger partial charge in [-0.3, -0.25) is 4.79 Å². The smallest absolute Gasteiger partial charge is 0.277 e. The molecule has 1 heterocycles. The predicted molar refractivity (Wildman–Crippen MR) is 97.9 cm³/mol. The van der Waals surface area contributed by atoms with E-state index in [0.717, 1.165) is 5.56 Å². The number of benzene rings is 2. The van der Waals surface area contributed by atoms with Gasteiger partial charge < -0.3 is 13.9 Å². The van der Waals surface area contributed by atoms with E-state index in [4.69, 9.17) is 13.9 Å². The zero-order valence-corrected chi connectivity index (χ0v) is 15.3. The van der Waals surface area contributed by atoms with Crippen LogP contribution in [-0.4, -0.2) is 28.8 Å². The van der Waals surface area contributed by atoms with Crippen LogP contribution in [0.2, 0.25) is 0 Å². The topological polar surface area (TPSA) is 74.5 Å². The number of hydrogen-bond donors (Lipinski definition) is 0. The molecule has 0 amide bonds. The van der Waals surface area contributed by atoms with Crippen LogP contribution in [0.3, 0.4) is 0 Å². The van der Waals surface area contributed by atoms with E-state index < -0.39 is 0 Å². The van der Waals surface area contributed by atoms with Crippen LogP contribution < -0.4 is 9.47 Å². The molecule has 0 N–H and O–H groups in total. The summed E-state index contributed by atoms with van der Waals surface area (Å²) in [6.07, 6.45) is 0. The monoisotopic (exact) mass is 370 g/mol. The second-order valence-electron chi connectivity index (χ2n) is 5.51. The summed E-state index contributed by atoms with van der Waals surface area (Å²) in [5.41, 5.74) is 1.79. The summed E-state index contributed by atoms with van der Waals surface area (Å²) in [7, 11) is 1.60. The van der Waals surface area contributed by atoms with Crippen molar-refractivity contribution < 1.29 is 18.7 Å². The molecule has 0 aliphatic carbocycles. The standard InChI is InChI=1S/C19H18N2O4S/c1-13-6-8-14(9-7-13)17(22)12-26-19-21-20-18(25-19)11-24-16-5-3-4-15(10-16)23-2/h3-10H,11-12H2,1-2H3. The van der Waals surface area contributed by atoms with E-state index in [1.165, 1.54) is 11.8 Å². The molecule has 0 bridgehead atoms. The summed E-state index contributed by atoms with van der Waals surface area (Å²) < 4.78 is 16.2. The van der Waals surface area contributed by atoms with Gasteiger partial charge in [-0.25, -0.2) is 0 Å². The molecule has 0 spiro atoms. The average molecular weight is 370 g/mol. The summed E-state index contributed by atoms with van der Waals surface area (Å²) >= 11 is 1.21. The Bertz CT molecular complexity index is 877. The zero-order chi connectivity index (χ0) is 18.4. The van der Waals surface area contributed by atoms with Crippen molar-refractivity contribution in [2.45, 2.75) is 18.8 Å². The minimum atomic E-state index is 0.0161. The second-order valence-corrected chi connectivity index (χ2v) is 6.43. The van der Waals surface area contributed by atoms with Crippen molar-refractivity contribution in [3.05, 3.63) is 65.5 Å². The molecule has 7 heteroatoms. The molecule has 3 aromatic rings. The molecular weight excluding hydrogens is 352 g/mol. The first-order valence-electron chi connectivity index (χ1n) is 7.96. The number of aromatic nitrogens is 2. The Hall–Kier alpha value is -2.80. The van der Waals surface area contributed by atoms with E-state index in [2.05, 4.69) is 10.2 Å². The van der Waals surface area contributed by atoms with Gasteiger partial charge in [0.05, 0.1) is 12.9 Å². The molecule has 134 valence electrons. The van der Waals surface area contributed by atoms with Crippen molar-refractivity contribution in [2.24, 2.45) is 0 Å². The van der Waals surface area contributed by atoms with Crippen molar-refractivity contribution >= 4 is 17.5 Å². The highest BCUT2D eigenvalue weighted by molar-refractivity contribution is 7.99. The lowest BCUT2D eigenvalue weighted by Gasteiger charge is -2.05. The average Bonchev–Trinajstić information content (AvgIpc) is 3.13. The van der Waals surface area contributed by atoms with Crippen molar-refractivity contribution in [1.29, 1.82) is 0 Å². The van der Waals surface area contributed by atoms with E-state index in [0.29, 0.717) is 28.2 Å². The van der Waals surface area contributed by atoms with E-state index in [1.807, 2.05) is 49.4 Å². The van der Waals surface area contributed by atoms with Gasteiger partial charge in [0, 0.05) is 11.6 Å². The lowest BCUT2D eigenvalue weighted by molar-refractivity contribution is 0.102. The van der Waals surface area contributed by atoms with Gasteiger partial charge in [-0.2, -0.15) is 0 Å². The number of aryl methyl sites for hydroxylation is 1. The zero-order valence-electron chi connectivity index (χ0n) is 14.5. The van der Waals surface area contributed by atoms with Crippen LogP contribution in [0.25, 0.3) is 0 Å². The molecule has 0 atom stereocenters.